The van der Waals surface area contributed by atoms with Crippen LogP contribution >= 0.6 is 0 Å². The van der Waals surface area contributed by atoms with Crippen molar-refractivity contribution >= 4 is 11.8 Å². The van der Waals surface area contributed by atoms with E-state index >= 15 is 0 Å². The van der Waals surface area contributed by atoms with Gasteiger partial charge in [-0.15, -0.1) is 0 Å². The minimum absolute atomic E-state index is 0. The fourth-order valence-corrected chi connectivity index (χ4v) is 1.82. The normalized spacial score (nSPS) is 10.9. The summed E-state index contributed by atoms with van der Waals surface area (Å²) in [6.45, 7) is 0.329. The Labute approximate surface area is 136 Å². The molecule has 0 saturated carbocycles. The fourth-order valence-electron chi connectivity index (χ4n) is 1.82. The maximum absolute atomic E-state index is 12.8. The number of rotatable bonds is 5. The van der Waals surface area contributed by atoms with Crippen LogP contribution in [0.3, 0.4) is 0 Å². The predicted molar refractivity (Wildman–Crippen MR) is 72.6 cm³/mol. The van der Waals surface area contributed by atoms with Gasteiger partial charge in [0.25, 0.3) is 0 Å². The van der Waals surface area contributed by atoms with E-state index in [-0.39, 0.29) is 28.6 Å². The van der Waals surface area contributed by atoms with Gasteiger partial charge in [-0.3, -0.25) is 4.79 Å². The number of nitrogens with zero attached hydrogens (tertiary/aromatic N) is 1. The zero-order valence-electron chi connectivity index (χ0n) is 11.2. The molecule has 0 amide bonds. The molecule has 0 aliphatic heterocycles. The third-order valence-electron chi connectivity index (χ3n) is 2.84. The SMILES string of the molecule is O=C(O)/C(O)=C/C(=O)c1cccn1Cc1ccc(F)cc1.[Mn]. The molecular formula is C15H12FMnNO4. The molecule has 1 aromatic carbocycles. The second kappa shape index (κ2) is 7.58. The van der Waals surface area contributed by atoms with Crippen LogP contribution in [0.4, 0.5) is 4.39 Å². The topological polar surface area (TPSA) is 79.5 Å². The predicted octanol–water partition coefficient (Wildman–Crippen LogP) is 2.38. The van der Waals surface area contributed by atoms with Crippen LogP contribution in [0.2, 0.25) is 0 Å². The summed E-state index contributed by atoms with van der Waals surface area (Å²) >= 11 is 0. The van der Waals surface area contributed by atoms with Gasteiger partial charge in [-0.1, -0.05) is 12.1 Å². The van der Waals surface area contributed by atoms with Crippen molar-refractivity contribution in [3.8, 4) is 0 Å². The number of carbonyl (C=O) groups is 2. The van der Waals surface area contributed by atoms with Crippen molar-refractivity contribution < 1.29 is 41.3 Å². The molecule has 2 aromatic rings. The Hall–Kier alpha value is -2.37. The van der Waals surface area contributed by atoms with Crippen molar-refractivity contribution in [2.45, 2.75) is 6.54 Å². The fraction of sp³-hybridized carbons (Fsp3) is 0.0667. The molecule has 1 heterocycles. The molecule has 0 unspecified atom stereocenters. The van der Waals surface area contributed by atoms with Crippen molar-refractivity contribution in [2.75, 3.05) is 0 Å². The van der Waals surface area contributed by atoms with E-state index in [4.69, 9.17) is 10.2 Å². The summed E-state index contributed by atoms with van der Waals surface area (Å²) in [6.07, 6.45) is 2.29. The zero-order chi connectivity index (χ0) is 15.4. The van der Waals surface area contributed by atoms with E-state index in [1.807, 2.05) is 0 Å². The molecule has 22 heavy (non-hydrogen) atoms. The first-order valence-electron chi connectivity index (χ1n) is 6.05. The molecule has 0 spiro atoms. The number of halogens is 1. The van der Waals surface area contributed by atoms with Crippen LogP contribution in [-0.2, 0) is 28.4 Å². The number of carbonyl (C=O) groups excluding carboxylic acids is 1. The Balaban J connectivity index is 0.00000242. The van der Waals surface area contributed by atoms with Gasteiger partial charge in [0, 0.05) is 35.9 Å². The number of hydrogen-bond acceptors (Lipinski definition) is 3. The first-order chi connectivity index (χ1) is 9.97. The largest absolute Gasteiger partial charge is 0.502 e. The second-order valence-corrected chi connectivity index (χ2v) is 4.35. The number of carboxylic acid groups (broad SMARTS) is 1. The molecular weight excluding hydrogens is 332 g/mol. The summed E-state index contributed by atoms with van der Waals surface area (Å²) in [4.78, 5) is 22.4. The Morgan fingerprint density at radius 2 is 1.77 bits per heavy atom. The molecule has 5 nitrogen and oxygen atoms in total. The summed E-state index contributed by atoms with van der Waals surface area (Å²) in [5.41, 5.74) is 1.01. The van der Waals surface area contributed by atoms with Crippen LogP contribution in [0.5, 0.6) is 0 Å². The van der Waals surface area contributed by atoms with E-state index in [9.17, 15) is 14.0 Å². The van der Waals surface area contributed by atoms with Gasteiger partial charge in [0.05, 0.1) is 5.69 Å². The van der Waals surface area contributed by atoms with Crippen LogP contribution < -0.4 is 0 Å². The van der Waals surface area contributed by atoms with Crippen molar-refractivity contribution in [1.29, 1.82) is 0 Å². The summed E-state index contributed by atoms with van der Waals surface area (Å²) in [5, 5.41) is 17.6. The second-order valence-electron chi connectivity index (χ2n) is 4.35. The molecule has 0 saturated heterocycles. The maximum atomic E-state index is 12.8. The van der Waals surface area contributed by atoms with Crippen LogP contribution in [0.15, 0.2) is 54.4 Å². The Morgan fingerprint density at radius 1 is 1.14 bits per heavy atom. The smallest absolute Gasteiger partial charge is 0.371 e. The van der Waals surface area contributed by atoms with Gasteiger partial charge in [0.15, 0.2) is 0 Å². The van der Waals surface area contributed by atoms with Gasteiger partial charge in [-0.05, 0) is 29.8 Å². The summed E-state index contributed by atoms with van der Waals surface area (Å²) in [5.74, 6) is -3.56. The molecule has 2 rings (SSSR count). The van der Waals surface area contributed by atoms with E-state index in [0.717, 1.165) is 5.56 Å². The van der Waals surface area contributed by atoms with Crippen molar-refractivity contribution in [1.82, 2.24) is 4.57 Å². The molecule has 1 aromatic heterocycles. The summed E-state index contributed by atoms with van der Waals surface area (Å²) in [7, 11) is 0. The average molecular weight is 344 g/mol. The van der Waals surface area contributed by atoms with Crippen molar-refractivity contribution in [3.05, 3.63) is 71.5 Å². The molecule has 0 bridgehead atoms. The van der Waals surface area contributed by atoms with E-state index < -0.39 is 17.5 Å². The van der Waals surface area contributed by atoms with Crippen LogP contribution in [-0.4, -0.2) is 26.5 Å². The number of hydrogen-bond donors (Lipinski definition) is 2. The number of aliphatic carboxylic acids is 1. The third-order valence-corrected chi connectivity index (χ3v) is 2.84. The molecule has 115 valence electrons. The van der Waals surface area contributed by atoms with Gasteiger partial charge in [-0.25, -0.2) is 9.18 Å². The first kappa shape index (κ1) is 17.7. The molecule has 0 aliphatic rings. The van der Waals surface area contributed by atoms with E-state index in [0.29, 0.717) is 12.6 Å². The molecule has 0 aliphatic carbocycles. The number of carboxylic acids is 1. The van der Waals surface area contributed by atoms with Gasteiger partial charge < -0.3 is 14.8 Å². The van der Waals surface area contributed by atoms with E-state index in [2.05, 4.69) is 0 Å². The average Bonchev–Trinajstić information content (AvgIpc) is 2.89. The summed E-state index contributed by atoms with van der Waals surface area (Å²) < 4.78 is 14.4. The minimum atomic E-state index is -1.57. The molecule has 7 heteroatoms. The number of benzene rings is 1. The number of aromatic nitrogens is 1. The Kier molecular flexibility index (Phi) is 6.10. The first-order valence-corrected chi connectivity index (χ1v) is 6.05. The van der Waals surface area contributed by atoms with Gasteiger partial charge >= 0.3 is 5.97 Å². The van der Waals surface area contributed by atoms with Gasteiger partial charge in [0.1, 0.15) is 5.82 Å². The molecule has 0 fully saturated rings. The molecule has 2 N–H and O–H groups in total. The third kappa shape index (κ3) is 4.31. The van der Waals surface area contributed by atoms with Crippen LogP contribution in [0.1, 0.15) is 16.1 Å². The summed E-state index contributed by atoms with van der Waals surface area (Å²) in [6, 6.07) is 8.95. The number of aliphatic hydroxyl groups excluding tert-OH is 1. The van der Waals surface area contributed by atoms with E-state index in [1.165, 1.54) is 18.2 Å². The molecule has 0 atom stereocenters. The standard InChI is InChI=1S/C15H12FNO4.Mn/c16-11-5-3-10(4-6-11)9-17-7-1-2-12(17)13(18)8-14(19)15(20)21;/h1-8,19H,9H2,(H,20,21);/b14-8-;. The number of ketones is 1. The van der Waals surface area contributed by atoms with Gasteiger partial charge in [-0.2, -0.15) is 0 Å². The van der Waals surface area contributed by atoms with Gasteiger partial charge in [0.2, 0.25) is 11.5 Å². The quantitative estimate of drug-likeness (QED) is 0.378. The van der Waals surface area contributed by atoms with Crippen molar-refractivity contribution in [2.24, 2.45) is 0 Å². The van der Waals surface area contributed by atoms with Crippen LogP contribution in [0, 0.1) is 5.82 Å². The van der Waals surface area contributed by atoms with Crippen LogP contribution in [0.25, 0.3) is 0 Å². The van der Waals surface area contributed by atoms with E-state index in [1.54, 1.807) is 29.0 Å². The number of aliphatic hydroxyl groups is 1. The monoisotopic (exact) mass is 344 g/mol. The zero-order valence-corrected chi connectivity index (χ0v) is 12.4. The number of allylic oxidation sites excluding steroid dienone is 1. The van der Waals surface area contributed by atoms with Crippen molar-refractivity contribution in [3.63, 3.8) is 0 Å². The Morgan fingerprint density at radius 3 is 2.36 bits per heavy atom. The molecule has 1 radical (unpaired) electrons. The minimum Gasteiger partial charge on any atom is -0.502 e. The Bertz CT molecular complexity index is 707. The maximum Gasteiger partial charge on any atom is 0.371 e.